The highest BCUT2D eigenvalue weighted by molar-refractivity contribution is 6.00. The van der Waals surface area contributed by atoms with Gasteiger partial charge in [-0.05, 0) is 12.1 Å². The minimum Gasteiger partial charge on any atom is -0.478 e. The van der Waals surface area contributed by atoms with Crippen molar-refractivity contribution in [1.82, 2.24) is 4.98 Å². The first-order valence-electron chi connectivity index (χ1n) is 5.30. The summed E-state index contributed by atoms with van der Waals surface area (Å²) in [6.07, 6.45) is 1.44. The lowest BCUT2D eigenvalue weighted by Crippen LogP contribution is -2.07. The molecule has 0 bridgehead atoms. The third-order valence-corrected chi connectivity index (χ3v) is 2.57. The Balaban J connectivity index is 2.72. The number of hydrogen-bond donors (Lipinski definition) is 2. The topological polar surface area (TPSA) is 62.2 Å². The van der Waals surface area contributed by atoms with Crippen LogP contribution in [0.4, 0.5) is 10.2 Å². The lowest BCUT2D eigenvalue weighted by atomic mass is 10.0. The van der Waals surface area contributed by atoms with Gasteiger partial charge in [-0.25, -0.2) is 14.2 Å². The Bertz CT molecular complexity index is 599. The lowest BCUT2D eigenvalue weighted by Gasteiger charge is -2.10. The molecule has 2 aromatic rings. The highest BCUT2D eigenvalue weighted by Crippen LogP contribution is 2.29. The Morgan fingerprint density at radius 3 is 2.61 bits per heavy atom. The molecule has 1 aromatic heterocycles. The number of nitrogens with zero attached hydrogens (tertiary/aromatic N) is 1. The zero-order chi connectivity index (χ0) is 13.1. The predicted octanol–water partition coefficient (Wildman–Crippen LogP) is 2.63. The largest absolute Gasteiger partial charge is 0.478 e. The van der Waals surface area contributed by atoms with Crippen LogP contribution in [0.25, 0.3) is 11.1 Å². The van der Waals surface area contributed by atoms with E-state index in [-0.39, 0.29) is 16.9 Å². The van der Waals surface area contributed by atoms with Gasteiger partial charge in [0.25, 0.3) is 0 Å². The number of nitrogens with one attached hydrogen (secondary N) is 1. The highest BCUT2D eigenvalue weighted by Gasteiger charge is 2.18. The number of aromatic nitrogens is 1. The molecule has 0 saturated heterocycles. The zero-order valence-electron chi connectivity index (χ0n) is 9.64. The highest BCUT2D eigenvalue weighted by atomic mass is 19.1. The third kappa shape index (κ3) is 2.02. The van der Waals surface area contributed by atoms with Gasteiger partial charge in [0.2, 0.25) is 0 Å². The van der Waals surface area contributed by atoms with E-state index in [4.69, 9.17) is 0 Å². The van der Waals surface area contributed by atoms with E-state index in [1.807, 2.05) is 0 Å². The molecule has 92 valence electrons. The summed E-state index contributed by atoms with van der Waals surface area (Å²) in [5, 5.41) is 11.9. The second-order valence-electron chi connectivity index (χ2n) is 3.62. The molecule has 2 rings (SSSR count). The van der Waals surface area contributed by atoms with Crippen molar-refractivity contribution in [2.45, 2.75) is 0 Å². The van der Waals surface area contributed by atoms with E-state index >= 15 is 0 Å². The number of halogens is 1. The van der Waals surface area contributed by atoms with Crippen LogP contribution in [0.1, 0.15) is 10.4 Å². The third-order valence-electron chi connectivity index (χ3n) is 2.57. The second kappa shape index (κ2) is 4.83. The van der Waals surface area contributed by atoms with E-state index in [1.54, 1.807) is 19.2 Å². The zero-order valence-corrected chi connectivity index (χ0v) is 9.64. The first-order chi connectivity index (χ1) is 8.65. The van der Waals surface area contributed by atoms with Gasteiger partial charge in [0, 0.05) is 24.4 Å². The summed E-state index contributed by atoms with van der Waals surface area (Å²) in [7, 11) is 1.57. The number of benzene rings is 1. The second-order valence-corrected chi connectivity index (χ2v) is 3.62. The maximum Gasteiger partial charge on any atom is 0.340 e. The van der Waals surface area contributed by atoms with Crippen molar-refractivity contribution in [1.29, 1.82) is 0 Å². The summed E-state index contributed by atoms with van der Waals surface area (Å²) < 4.78 is 13.7. The van der Waals surface area contributed by atoms with E-state index in [9.17, 15) is 14.3 Å². The van der Waals surface area contributed by atoms with Gasteiger partial charge in [-0.15, -0.1) is 0 Å². The molecule has 0 radical (unpaired) electrons. The first kappa shape index (κ1) is 12.0. The van der Waals surface area contributed by atoms with Gasteiger partial charge < -0.3 is 10.4 Å². The molecule has 0 amide bonds. The van der Waals surface area contributed by atoms with Gasteiger partial charge in [-0.3, -0.25) is 0 Å². The average molecular weight is 246 g/mol. The van der Waals surface area contributed by atoms with Crippen LogP contribution in [0.2, 0.25) is 0 Å². The standard InChI is InChI=1S/C13H11FN2O2/c1-15-12-11(13(17)18)9(6-7-16-12)8-4-2-3-5-10(8)14/h2-7H,1H3,(H,15,16)(H,17,18). The van der Waals surface area contributed by atoms with Crippen molar-refractivity contribution in [2.24, 2.45) is 0 Å². The van der Waals surface area contributed by atoms with Crippen LogP contribution in [0, 0.1) is 5.82 Å². The van der Waals surface area contributed by atoms with Crippen molar-refractivity contribution in [3.8, 4) is 11.1 Å². The molecule has 2 N–H and O–H groups in total. The van der Waals surface area contributed by atoms with Gasteiger partial charge in [-0.1, -0.05) is 18.2 Å². The number of hydrogen-bond acceptors (Lipinski definition) is 3. The minimum atomic E-state index is -1.15. The van der Waals surface area contributed by atoms with Gasteiger partial charge in [-0.2, -0.15) is 0 Å². The van der Waals surface area contributed by atoms with Gasteiger partial charge in [0.1, 0.15) is 17.2 Å². The summed E-state index contributed by atoms with van der Waals surface area (Å²) in [4.78, 5) is 15.2. The van der Waals surface area contributed by atoms with E-state index < -0.39 is 11.8 Å². The molecule has 0 aliphatic rings. The van der Waals surface area contributed by atoms with Crippen LogP contribution in [-0.4, -0.2) is 23.1 Å². The molecular weight excluding hydrogens is 235 g/mol. The van der Waals surface area contributed by atoms with Crippen molar-refractivity contribution in [3.63, 3.8) is 0 Å². The van der Waals surface area contributed by atoms with Gasteiger partial charge in [0.05, 0.1) is 0 Å². The van der Waals surface area contributed by atoms with E-state index in [0.717, 1.165) is 0 Å². The molecule has 0 fully saturated rings. The fraction of sp³-hybridized carbons (Fsp3) is 0.0769. The molecule has 0 unspecified atom stereocenters. The van der Waals surface area contributed by atoms with Crippen LogP contribution < -0.4 is 5.32 Å². The van der Waals surface area contributed by atoms with E-state index in [2.05, 4.69) is 10.3 Å². The van der Waals surface area contributed by atoms with Crippen molar-refractivity contribution in [3.05, 3.63) is 47.9 Å². The van der Waals surface area contributed by atoms with E-state index in [1.165, 1.54) is 24.4 Å². The molecule has 0 atom stereocenters. The normalized spacial score (nSPS) is 10.1. The predicted molar refractivity (Wildman–Crippen MR) is 66.1 cm³/mol. The Kier molecular flexibility index (Phi) is 3.23. The van der Waals surface area contributed by atoms with Crippen LogP contribution in [-0.2, 0) is 0 Å². The quantitative estimate of drug-likeness (QED) is 0.873. The Morgan fingerprint density at radius 1 is 1.28 bits per heavy atom. The smallest absolute Gasteiger partial charge is 0.340 e. The lowest BCUT2D eigenvalue weighted by molar-refractivity contribution is 0.0698. The van der Waals surface area contributed by atoms with Gasteiger partial charge >= 0.3 is 5.97 Å². The van der Waals surface area contributed by atoms with Gasteiger partial charge in [0.15, 0.2) is 0 Å². The number of carbonyl (C=O) groups is 1. The van der Waals surface area contributed by atoms with Crippen LogP contribution in [0.5, 0.6) is 0 Å². The summed E-state index contributed by atoms with van der Waals surface area (Å²) in [6, 6.07) is 7.53. The maximum atomic E-state index is 13.7. The number of rotatable bonds is 3. The number of aromatic carboxylic acids is 1. The Hall–Kier alpha value is -2.43. The Labute approximate surface area is 103 Å². The SMILES string of the molecule is CNc1nccc(-c2ccccc2F)c1C(=O)O. The van der Waals surface area contributed by atoms with Crippen LogP contribution in [0.15, 0.2) is 36.5 Å². The molecule has 0 spiro atoms. The summed E-state index contributed by atoms with van der Waals surface area (Å²) in [5.41, 5.74) is 0.513. The number of carboxylic acid groups (broad SMARTS) is 1. The molecule has 1 heterocycles. The number of pyridine rings is 1. The fourth-order valence-corrected chi connectivity index (χ4v) is 1.77. The minimum absolute atomic E-state index is 0.0369. The van der Waals surface area contributed by atoms with Crippen LogP contribution >= 0.6 is 0 Å². The molecule has 0 saturated carbocycles. The number of anilines is 1. The molecular formula is C13H11FN2O2. The molecule has 4 nitrogen and oxygen atoms in total. The first-order valence-corrected chi connectivity index (χ1v) is 5.30. The summed E-state index contributed by atoms with van der Waals surface area (Å²) in [6.45, 7) is 0. The fourth-order valence-electron chi connectivity index (χ4n) is 1.77. The van der Waals surface area contributed by atoms with Crippen molar-refractivity contribution in [2.75, 3.05) is 12.4 Å². The van der Waals surface area contributed by atoms with Crippen molar-refractivity contribution < 1.29 is 14.3 Å². The summed E-state index contributed by atoms with van der Waals surface area (Å²) >= 11 is 0. The Morgan fingerprint density at radius 2 is 2.00 bits per heavy atom. The maximum absolute atomic E-state index is 13.7. The monoisotopic (exact) mass is 246 g/mol. The van der Waals surface area contributed by atoms with Crippen LogP contribution in [0.3, 0.4) is 0 Å². The van der Waals surface area contributed by atoms with E-state index in [0.29, 0.717) is 5.56 Å². The van der Waals surface area contributed by atoms with Crippen molar-refractivity contribution >= 4 is 11.8 Å². The molecule has 18 heavy (non-hydrogen) atoms. The molecule has 0 aliphatic carbocycles. The molecule has 5 heteroatoms. The number of carboxylic acids is 1. The summed E-state index contributed by atoms with van der Waals surface area (Å²) in [5.74, 6) is -1.40. The molecule has 1 aromatic carbocycles. The molecule has 0 aliphatic heterocycles. The average Bonchev–Trinajstić information content (AvgIpc) is 2.38.